The van der Waals surface area contributed by atoms with Crippen LogP contribution in [0.2, 0.25) is 0 Å². The molecule has 0 N–H and O–H groups in total. The van der Waals surface area contributed by atoms with Crippen LogP contribution in [0.5, 0.6) is 0 Å². The van der Waals surface area contributed by atoms with Crippen molar-refractivity contribution in [3.63, 3.8) is 0 Å². The van der Waals surface area contributed by atoms with Gasteiger partial charge in [0.05, 0.1) is 7.11 Å². The maximum absolute atomic E-state index is 10.6. The average Bonchev–Trinajstić information content (AvgIpc) is 2.10. The fourth-order valence-electron chi connectivity index (χ4n) is 0.780. The number of carbonyl (C=O) groups is 1. The molecule has 0 atom stereocenters. The smallest absolute Gasteiger partial charge is 0.305 e. The highest BCUT2D eigenvalue weighted by molar-refractivity contribution is 5.68. The van der Waals surface area contributed by atoms with E-state index in [1.165, 1.54) is 7.11 Å². The first-order chi connectivity index (χ1) is 5.81. The lowest BCUT2D eigenvalue weighted by Gasteiger charge is -2.01. The van der Waals surface area contributed by atoms with E-state index in [2.05, 4.69) is 11.7 Å². The zero-order valence-electron chi connectivity index (χ0n) is 7.67. The monoisotopic (exact) mass is 173 g/mol. The van der Waals surface area contributed by atoms with Crippen molar-refractivity contribution >= 4 is 5.97 Å². The van der Waals surface area contributed by atoms with Gasteiger partial charge in [0.15, 0.2) is 0 Å². The van der Waals surface area contributed by atoms with Gasteiger partial charge >= 0.3 is 5.97 Å². The van der Waals surface area contributed by atoms with Gasteiger partial charge < -0.3 is 9.47 Å². The van der Waals surface area contributed by atoms with E-state index in [1.54, 1.807) is 0 Å². The summed E-state index contributed by atoms with van der Waals surface area (Å²) in [4.78, 5) is 10.6. The van der Waals surface area contributed by atoms with Crippen LogP contribution in [-0.4, -0.2) is 26.3 Å². The summed E-state index contributed by atoms with van der Waals surface area (Å²) < 4.78 is 9.67. The van der Waals surface area contributed by atoms with E-state index >= 15 is 0 Å². The Bertz CT molecular complexity index is 112. The van der Waals surface area contributed by atoms with Crippen LogP contribution in [0, 0.1) is 6.92 Å². The molecule has 0 aromatic heterocycles. The third kappa shape index (κ3) is 7.54. The summed E-state index contributed by atoms with van der Waals surface area (Å²) in [7, 11) is 1.40. The Morgan fingerprint density at radius 2 is 2.08 bits per heavy atom. The standard InChI is InChI=1S/C9H17O3/c1-3-7-12-8-5-4-6-9(10)11-2/h1,3-8H2,2H3. The van der Waals surface area contributed by atoms with Gasteiger partial charge in [-0.15, -0.1) is 0 Å². The van der Waals surface area contributed by atoms with E-state index < -0.39 is 0 Å². The normalized spacial score (nSPS) is 9.83. The minimum atomic E-state index is -0.146. The zero-order chi connectivity index (χ0) is 9.23. The first-order valence-corrected chi connectivity index (χ1v) is 4.25. The van der Waals surface area contributed by atoms with E-state index in [0.29, 0.717) is 19.6 Å². The van der Waals surface area contributed by atoms with Crippen molar-refractivity contribution < 1.29 is 14.3 Å². The van der Waals surface area contributed by atoms with E-state index in [-0.39, 0.29) is 5.97 Å². The van der Waals surface area contributed by atoms with Gasteiger partial charge in [-0.05, 0) is 19.3 Å². The SMILES string of the molecule is [CH2]CCOCCCCC(=O)OC. The zero-order valence-corrected chi connectivity index (χ0v) is 7.67. The largest absolute Gasteiger partial charge is 0.469 e. The summed E-state index contributed by atoms with van der Waals surface area (Å²) in [6.07, 6.45) is 3.04. The minimum Gasteiger partial charge on any atom is -0.469 e. The highest BCUT2D eigenvalue weighted by Gasteiger charge is 1.98. The Morgan fingerprint density at radius 3 is 2.67 bits per heavy atom. The number of esters is 1. The van der Waals surface area contributed by atoms with E-state index in [4.69, 9.17) is 4.74 Å². The van der Waals surface area contributed by atoms with Gasteiger partial charge in [-0.25, -0.2) is 0 Å². The molecule has 0 fully saturated rings. The molecule has 1 radical (unpaired) electrons. The number of hydrogen-bond acceptors (Lipinski definition) is 3. The van der Waals surface area contributed by atoms with Crippen molar-refractivity contribution in [3.8, 4) is 0 Å². The number of ether oxygens (including phenoxy) is 2. The number of methoxy groups -OCH3 is 1. The predicted molar refractivity (Wildman–Crippen MR) is 46.7 cm³/mol. The third-order valence-corrected chi connectivity index (χ3v) is 1.44. The Kier molecular flexibility index (Phi) is 8.12. The van der Waals surface area contributed by atoms with Gasteiger partial charge in [-0.2, -0.15) is 0 Å². The summed E-state index contributed by atoms with van der Waals surface area (Å²) in [5, 5.41) is 0. The molecule has 12 heavy (non-hydrogen) atoms. The second-order valence-corrected chi connectivity index (χ2v) is 2.50. The minimum absolute atomic E-state index is 0.146. The van der Waals surface area contributed by atoms with Crippen LogP contribution in [0.4, 0.5) is 0 Å². The molecule has 0 aliphatic rings. The molecular formula is C9H17O3. The van der Waals surface area contributed by atoms with Gasteiger partial charge in [0.25, 0.3) is 0 Å². The molecule has 0 aromatic carbocycles. The maximum Gasteiger partial charge on any atom is 0.305 e. The predicted octanol–water partition coefficient (Wildman–Crippen LogP) is 1.57. The van der Waals surface area contributed by atoms with Crippen LogP contribution in [0.1, 0.15) is 25.7 Å². The second kappa shape index (κ2) is 8.53. The molecule has 3 nitrogen and oxygen atoms in total. The molecule has 0 saturated carbocycles. The average molecular weight is 173 g/mol. The molecule has 0 aliphatic carbocycles. The van der Waals surface area contributed by atoms with Crippen LogP contribution >= 0.6 is 0 Å². The molecule has 0 rings (SSSR count). The number of hydrogen-bond donors (Lipinski definition) is 0. The Morgan fingerprint density at radius 1 is 1.33 bits per heavy atom. The molecule has 0 aromatic rings. The summed E-state index contributed by atoms with van der Waals surface area (Å²) >= 11 is 0. The highest BCUT2D eigenvalue weighted by Crippen LogP contribution is 1.97. The lowest BCUT2D eigenvalue weighted by atomic mass is 10.2. The fraction of sp³-hybridized carbons (Fsp3) is 0.778. The topological polar surface area (TPSA) is 35.5 Å². The van der Waals surface area contributed by atoms with E-state index in [9.17, 15) is 4.79 Å². The molecule has 0 aliphatic heterocycles. The van der Waals surface area contributed by atoms with Crippen LogP contribution in [0.25, 0.3) is 0 Å². The number of unbranched alkanes of at least 4 members (excludes halogenated alkanes) is 1. The van der Waals surface area contributed by atoms with Crippen LogP contribution < -0.4 is 0 Å². The van der Waals surface area contributed by atoms with Crippen molar-refractivity contribution in [1.29, 1.82) is 0 Å². The van der Waals surface area contributed by atoms with E-state index in [1.807, 2.05) is 0 Å². The summed E-state index contributed by atoms with van der Waals surface area (Å²) in [5.41, 5.74) is 0. The number of carbonyl (C=O) groups excluding carboxylic acids is 1. The van der Waals surface area contributed by atoms with Crippen LogP contribution in [0.15, 0.2) is 0 Å². The van der Waals surface area contributed by atoms with Gasteiger partial charge in [0.2, 0.25) is 0 Å². The highest BCUT2D eigenvalue weighted by atomic mass is 16.5. The Labute approximate surface area is 74.0 Å². The second-order valence-electron chi connectivity index (χ2n) is 2.50. The lowest BCUT2D eigenvalue weighted by Crippen LogP contribution is -2.01. The van der Waals surface area contributed by atoms with Crippen molar-refractivity contribution in [2.45, 2.75) is 25.7 Å². The molecule has 0 saturated heterocycles. The summed E-state index contributed by atoms with van der Waals surface area (Å²) in [6.45, 7) is 5.07. The molecule has 0 amide bonds. The molecule has 0 heterocycles. The fourth-order valence-corrected chi connectivity index (χ4v) is 0.780. The molecule has 0 spiro atoms. The molecule has 0 bridgehead atoms. The Hall–Kier alpha value is -0.570. The first kappa shape index (κ1) is 11.4. The van der Waals surface area contributed by atoms with Crippen molar-refractivity contribution in [2.75, 3.05) is 20.3 Å². The molecular weight excluding hydrogens is 156 g/mol. The van der Waals surface area contributed by atoms with E-state index in [0.717, 1.165) is 19.3 Å². The third-order valence-electron chi connectivity index (χ3n) is 1.44. The molecule has 0 unspecified atom stereocenters. The molecule has 3 heteroatoms. The first-order valence-electron chi connectivity index (χ1n) is 4.25. The van der Waals surface area contributed by atoms with Gasteiger partial charge in [0, 0.05) is 19.6 Å². The Balaban J connectivity index is 2.95. The van der Waals surface area contributed by atoms with Crippen LogP contribution in [0.3, 0.4) is 0 Å². The number of rotatable bonds is 7. The maximum atomic E-state index is 10.6. The van der Waals surface area contributed by atoms with Gasteiger partial charge in [-0.1, -0.05) is 6.92 Å². The lowest BCUT2D eigenvalue weighted by molar-refractivity contribution is -0.140. The van der Waals surface area contributed by atoms with Gasteiger partial charge in [0.1, 0.15) is 0 Å². The van der Waals surface area contributed by atoms with Gasteiger partial charge in [-0.3, -0.25) is 4.79 Å². The van der Waals surface area contributed by atoms with Crippen molar-refractivity contribution in [3.05, 3.63) is 6.92 Å². The van der Waals surface area contributed by atoms with Crippen LogP contribution in [-0.2, 0) is 14.3 Å². The van der Waals surface area contributed by atoms with Crippen molar-refractivity contribution in [2.24, 2.45) is 0 Å². The summed E-state index contributed by atoms with van der Waals surface area (Å²) in [6, 6.07) is 0. The molecule has 71 valence electrons. The quantitative estimate of drug-likeness (QED) is 0.433. The summed E-state index contributed by atoms with van der Waals surface area (Å²) in [5.74, 6) is -0.146. The van der Waals surface area contributed by atoms with Crippen molar-refractivity contribution in [1.82, 2.24) is 0 Å².